The van der Waals surface area contributed by atoms with E-state index in [1.807, 2.05) is 0 Å². The topological polar surface area (TPSA) is 65.5 Å². The molecule has 1 aromatic rings. The van der Waals surface area contributed by atoms with Gasteiger partial charge in [-0.3, -0.25) is 9.79 Å². The molecule has 0 bridgehead atoms. The minimum atomic E-state index is -0.296. The van der Waals surface area contributed by atoms with Crippen molar-refractivity contribution in [2.75, 3.05) is 26.7 Å². The van der Waals surface area contributed by atoms with E-state index in [1.165, 1.54) is 18.6 Å². The fourth-order valence-electron chi connectivity index (χ4n) is 2.17. The molecular formula is C18H29FN4O. The fourth-order valence-corrected chi connectivity index (χ4v) is 2.17. The van der Waals surface area contributed by atoms with E-state index >= 15 is 0 Å². The van der Waals surface area contributed by atoms with Crippen molar-refractivity contribution in [3.8, 4) is 0 Å². The van der Waals surface area contributed by atoms with E-state index in [1.54, 1.807) is 19.2 Å². The number of carbonyl (C=O) groups excluding carboxylic acids is 1. The molecule has 0 aliphatic heterocycles. The molecule has 1 amide bonds. The van der Waals surface area contributed by atoms with E-state index in [4.69, 9.17) is 0 Å². The Balaban J connectivity index is 2.14. The standard InChI is InChI=1S/C18H29FN4O/c1-14(2)5-4-10-22-18(20-3)23-12-11-21-17(24)13-15-6-8-16(19)9-7-15/h6-9,14H,4-5,10-13H2,1-3H3,(H,21,24)(H2,20,22,23). The van der Waals surface area contributed by atoms with Crippen molar-refractivity contribution in [3.63, 3.8) is 0 Å². The number of carbonyl (C=O) groups is 1. The second-order valence-electron chi connectivity index (χ2n) is 6.12. The largest absolute Gasteiger partial charge is 0.356 e. The van der Waals surface area contributed by atoms with Gasteiger partial charge >= 0.3 is 0 Å². The number of hydrogen-bond donors (Lipinski definition) is 3. The molecule has 0 heterocycles. The molecule has 24 heavy (non-hydrogen) atoms. The number of rotatable bonds is 9. The maximum atomic E-state index is 12.8. The summed E-state index contributed by atoms with van der Waals surface area (Å²) in [7, 11) is 1.73. The fraction of sp³-hybridized carbons (Fsp3) is 0.556. The summed E-state index contributed by atoms with van der Waals surface area (Å²) in [4.78, 5) is 16.0. The first-order chi connectivity index (χ1) is 11.5. The van der Waals surface area contributed by atoms with Crippen LogP contribution in [-0.2, 0) is 11.2 Å². The molecule has 0 aliphatic rings. The van der Waals surface area contributed by atoms with Crippen LogP contribution in [0.25, 0.3) is 0 Å². The van der Waals surface area contributed by atoms with Gasteiger partial charge < -0.3 is 16.0 Å². The van der Waals surface area contributed by atoms with Crippen LogP contribution in [0.2, 0.25) is 0 Å². The normalized spacial score (nSPS) is 11.5. The third-order valence-electron chi connectivity index (χ3n) is 3.49. The average Bonchev–Trinajstić information content (AvgIpc) is 2.55. The lowest BCUT2D eigenvalue weighted by atomic mass is 10.1. The van der Waals surface area contributed by atoms with E-state index < -0.39 is 0 Å². The number of benzene rings is 1. The molecule has 134 valence electrons. The molecule has 3 N–H and O–H groups in total. The number of amides is 1. The zero-order chi connectivity index (χ0) is 17.8. The van der Waals surface area contributed by atoms with E-state index in [-0.39, 0.29) is 18.1 Å². The molecule has 0 spiro atoms. The first-order valence-corrected chi connectivity index (χ1v) is 8.47. The second-order valence-corrected chi connectivity index (χ2v) is 6.12. The average molecular weight is 336 g/mol. The number of hydrogen-bond acceptors (Lipinski definition) is 2. The minimum Gasteiger partial charge on any atom is -0.356 e. The van der Waals surface area contributed by atoms with E-state index in [2.05, 4.69) is 34.8 Å². The van der Waals surface area contributed by atoms with Gasteiger partial charge in [0.15, 0.2) is 5.96 Å². The monoisotopic (exact) mass is 336 g/mol. The maximum absolute atomic E-state index is 12.8. The predicted molar refractivity (Wildman–Crippen MR) is 96.6 cm³/mol. The quantitative estimate of drug-likeness (QED) is 0.367. The Hall–Kier alpha value is -2.11. The smallest absolute Gasteiger partial charge is 0.224 e. The summed E-state index contributed by atoms with van der Waals surface area (Å²) in [5.41, 5.74) is 0.796. The van der Waals surface area contributed by atoms with Crippen molar-refractivity contribution in [2.24, 2.45) is 10.9 Å². The van der Waals surface area contributed by atoms with E-state index in [0.29, 0.717) is 19.0 Å². The summed E-state index contributed by atoms with van der Waals surface area (Å²) in [6.45, 7) is 6.41. The summed E-state index contributed by atoms with van der Waals surface area (Å²) in [6.07, 6.45) is 2.54. The van der Waals surface area contributed by atoms with Gasteiger partial charge in [0.05, 0.1) is 6.42 Å². The van der Waals surface area contributed by atoms with Crippen LogP contribution in [-0.4, -0.2) is 38.5 Å². The first-order valence-electron chi connectivity index (χ1n) is 8.47. The number of halogens is 1. The highest BCUT2D eigenvalue weighted by atomic mass is 19.1. The van der Waals surface area contributed by atoms with Crippen LogP contribution in [0.15, 0.2) is 29.3 Å². The molecule has 0 saturated carbocycles. The Kier molecular flexibility index (Phi) is 9.49. The van der Waals surface area contributed by atoms with Crippen LogP contribution >= 0.6 is 0 Å². The third kappa shape index (κ3) is 9.12. The number of aliphatic imine (C=N–C) groups is 1. The van der Waals surface area contributed by atoms with Gasteiger partial charge in [0, 0.05) is 26.7 Å². The Labute approximate surface area is 144 Å². The van der Waals surface area contributed by atoms with Gasteiger partial charge in [-0.05, 0) is 36.5 Å². The van der Waals surface area contributed by atoms with Crippen LogP contribution in [0.5, 0.6) is 0 Å². The minimum absolute atomic E-state index is 0.0803. The summed E-state index contributed by atoms with van der Waals surface area (Å²) in [5, 5.41) is 9.24. The maximum Gasteiger partial charge on any atom is 0.224 e. The lowest BCUT2D eigenvalue weighted by Crippen LogP contribution is -2.42. The molecule has 1 aromatic carbocycles. The van der Waals surface area contributed by atoms with Gasteiger partial charge in [0.2, 0.25) is 5.91 Å². The van der Waals surface area contributed by atoms with Gasteiger partial charge in [0.1, 0.15) is 5.82 Å². The summed E-state index contributed by atoms with van der Waals surface area (Å²) >= 11 is 0. The predicted octanol–water partition coefficient (Wildman–Crippen LogP) is 2.09. The molecular weight excluding hydrogens is 307 g/mol. The van der Waals surface area contributed by atoms with Crippen molar-refractivity contribution < 1.29 is 9.18 Å². The highest BCUT2D eigenvalue weighted by Gasteiger charge is 2.03. The second kappa shape index (κ2) is 11.4. The molecule has 5 nitrogen and oxygen atoms in total. The Morgan fingerprint density at radius 2 is 1.71 bits per heavy atom. The van der Waals surface area contributed by atoms with Crippen LogP contribution < -0.4 is 16.0 Å². The molecule has 6 heteroatoms. The SMILES string of the molecule is CN=C(NCCCC(C)C)NCCNC(=O)Cc1ccc(F)cc1. The summed E-state index contributed by atoms with van der Waals surface area (Å²) in [5.74, 6) is 1.07. The highest BCUT2D eigenvalue weighted by molar-refractivity contribution is 5.80. The van der Waals surface area contributed by atoms with E-state index in [9.17, 15) is 9.18 Å². The summed E-state index contributed by atoms with van der Waals surface area (Å²) in [6, 6.07) is 5.96. The highest BCUT2D eigenvalue weighted by Crippen LogP contribution is 2.03. The van der Waals surface area contributed by atoms with Gasteiger partial charge in [-0.25, -0.2) is 4.39 Å². The Morgan fingerprint density at radius 1 is 1.08 bits per heavy atom. The van der Waals surface area contributed by atoms with Gasteiger partial charge in [0.25, 0.3) is 0 Å². The van der Waals surface area contributed by atoms with Crippen LogP contribution in [0.3, 0.4) is 0 Å². The van der Waals surface area contributed by atoms with Gasteiger partial charge in [-0.15, -0.1) is 0 Å². The molecule has 0 aromatic heterocycles. The number of nitrogens with one attached hydrogen (secondary N) is 3. The zero-order valence-corrected chi connectivity index (χ0v) is 14.9. The molecule has 0 fully saturated rings. The van der Waals surface area contributed by atoms with E-state index in [0.717, 1.165) is 24.5 Å². The first kappa shape index (κ1) is 19.9. The number of guanidine groups is 1. The number of nitrogens with zero attached hydrogens (tertiary/aromatic N) is 1. The van der Waals surface area contributed by atoms with Crippen LogP contribution in [0.4, 0.5) is 4.39 Å². The van der Waals surface area contributed by atoms with Crippen molar-refractivity contribution >= 4 is 11.9 Å². The van der Waals surface area contributed by atoms with Crippen molar-refractivity contribution in [1.29, 1.82) is 0 Å². The zero-order valence-electron chi connectivity index (χ0n) is 14.9. The molecule has 0 radical (unpaired) electrons. The van der Waals surface area contributed by atoms with Crippen LogP contribution in [0.1, 0.15) is 32.3 Å². The summed E-state index contributed by atoms with van der Waals surface area (Å²) < 4.78 is 12.8. The van der Waals surface area contributed by atoms with Gasteiger partial charge in [-0.1, -0.05) is 26.0 Å². The Morgan fingerprint density at radius 3 is 2.33 bits per heavy atom. The lowest BCUT2D eigenvalue weighted by molar-refractivity contribution is -0.120. The van der Waals surface area contributed by atoms with Crippen molar-refractivity contribution in [1.82, 2.24) is 16.0 Å². The van der Waals surface area contributed by atoms with Crippen molar-refractivity contribution in [2.45, 2.75) is 33.1 Å². The molecule has 0 atom stereocenters. The van der Waals surface area contributed by atoms with Gasteiger partial charge in [-0.2, -0.15) is 0 Å². The molecule has 1 rings (SSSR count). The Bertz CT molecular complexity index is 514. The third-order valence-corrected chi connectivity index (χ3v) is 3.49. The molecule has 0 saturated heterocycles. The lowest BCUT2D eigenvalue weighted by Gasteiger charge is -2.13. The van der Waals surface area contributed by atoms with Crippen LogP contribution in [0, 0.1) is 11.7 Å². The molecule has 0 aliphatic carbocycles. The molecule has 0 unspecified atom stereocenters. The van der Waals surface area contributed by atoms with Crippen molar-refractivity contribution in [3.05, 3.63) is 35.6 Å².